The highest BCUT2D eigenvalue weighted by molar-refractivity contribution is 6.02. The van der Waals surface area contributed by atoms with Crippen molar-refractivity contribution in [3.05, 3.63) is 22.5 Å². The van der Waals surface area contributed by atoms with E-state index in [-0.39, 0.29) is 11.7 Å². The van der Waals surface area contributed by atoms with Gasteiger partial charge in [0.2, 0.25) is 0 Å². The molecule has 0 radical (unpaired) electrons. The lowest BCUT2D eigenvalue weighted by Gasteiger charge is -2.17. The average molecular weight is 265 g/mol. The second-order valence-electron chi connectivity index (χ2n) is 4.72. The van der Waals surface area contributed by atoms with Crippen LogP contribution in [0.5, 0.6) is 0 Å². The molecule has 1 heterocycles. The number of Topliss-reactive ketones (excluding diaryl/α,β-unsaturated/α-hetero) is 1. The third-order valence-electron chi connectivity index (χ3n) is 3.25. The molecule has 0 bridgehead atoms. The van der Waals surface area contributed by atoms with Gasteiger partial charge in [-0.05, 0) is 32.9 Å². The van der Waals surface area contributed by atoms with E-state index in [1.165, 1.54) is 6.92 Å². The Hall–Kier alpha value is -1.62. The van der Waals surface area contributed by atoms with Crippen molar-refractivity contribution in [2.75, 3.05) is 27.2 Å². The topological polar surface area (TPSA) is 65.2 Å². The van der Waals surface area contributed by atoms with Crippen LogP contribution in [-0.2, 0) is 6.42 Å². The van der Waals surface area contributed by atoms with Crippen LogP contribution in [0.15, 0.2) is 0 Å². The summed E-state index contributed by atoms with van der Waals surface area (Å²) < 4.78 is 0. The fourth-order valence-corrected chi connectivity index (χ4v) is 2.26. The molecule has 1 rings (SSSR count). The molecule has 0 aliphatic carbocycles. The molecule has 0 saturated heterocycles. The highest BCUT2D eigenvalue weighted by Crippen LogP contribution is 2.21. The van der Waals surface area contributed by atoms with E-state index in [0.717, 1.165) is 17.8 Å². The Morgan fingerprint density at radius 1 is 1.37 bits per heavy atom. The molecule has 1 amide bonds. The quantitative estimate of drug-likeness (QED) is 0.764. The molecular formula is C14H23N3O2. The maximum atomic E-state index is 12.4. The van der Waals surface area contributed by atoms with Gasteiger partial charge in [-0.2, -0.15) is 0 Å². The summed E-state index contributed by atoms with van der Waals surface area (Å²) in [6, 6.07) is 0. The molecule has 0 fully saturated rings. The van der Waals surface area contributed by atoms with Crippen LogP contribution in [0.1, 0.15) is 46.0 Å². The smallest absolute Gasteiger partial charge is 0.270 e. The molecule has 0 unspecified atom stereocenters. The number of nitrogens with zero attached hydrogens (tertiary/aromatic N) is 1. The first-order chi connectivity index (χ1) is 8.93. The van der Waals surface area contributed by atoms with E-state index in [1.54, 1.807) is 11.9 Å². The SMILES string of the molecule is CCc1c(C(=O)N(C)CCNC)[nH]c(C)c1C(C)=O. The molecule has 0 aromatic carbocycles. The Bertz CT molecular complexity index is 477. The van der Waals surface area contributed by atoms with Gasteiger partial charge < -0.3 is 15.2 Å². The van der Waals surface area contributed by atoms with Crippen LogP contribution in [0.4, 0.5) is 0 Å². The van der Waals surface area contributed by atoms with E-state index >= 15 is 0 Å². The number of H-pyrrole nitrogens is 1. The standard InChI is InChI=1S/C14H23N3O2/c1-6-11-12(10(3)18)9(2)16-13(11)14(19)17(5)8-7-15-4/h15-16H,6-8H2,1-5H3. The third-order valence-corrected chi connectivity index (χ3v) is 3.25. The fraction of sp³-hybridized carbons (Fsp3) is 0.571. The number of aromatic amines is 1. The Morgan fingerprint density at radius 3 is 2.47 bits per heavy atom. The predicted molar refractivity (Wildman–Crippen MR) is 75.8 cm³/mol. The first-order valence-electron chi connectivity index (χ1n) is 6.56. The van der Waals surface area contributed by atoms with Crippen molar-refractivity contribution in [1.82, 2.24) is 15.2 Å². The van der Waals surface area contributed by atoms with Crippen LogP contribution >= 0.6 is 0 Å². The Kier molecular flexibility index (Phi) is 5.30. The van der Waals surface area contributed by atoms with Crippen LogP contribution in [0, 0.1) is 6.92 Å². The summed E-state index contributed by atoms with van der Waals surface area (Å²) in [4.78, 5) is 28.8. The molecule has 19 heavy (non-hydrogen) atoms. The van der Waals surface area contributed by atoms with Gasteiger partial charge in [0.05, 0.1) is 0 Å². The fourth-order valence-electron chi connectivity index (χ4n) is 2.26. The third kappa shape index (κ3) is 3.23. The van der Waals surface area contributed by atoms with Crippen LogP contribution in [-0.4, -0.2) is 48.8 Å². The minimum atomic E-state index is -0.0669. The lowest BCUT2D eigenvalue weighted by molar-refractivity contribution is 0.0790. The van der Waals surface area contributed by atoms with Crippen LogP contribution in [0.25, 0.3) is 0 Å². The van der Waals surface area contributed by atoms with E-state index in [9.17, 15) is 9.59 Å². The maximum absolute atomic E-state index is 12.4. The van der Waals surface area contributed by atoms with Gasteiger partial charge in [0.1, 0.15) is 5.69 Å². The summed E-state index contributed by atoms with van der Waals surface area (Å²) in [5, 5.41) is 3.01. The van der Waals surface area contributed by atoms with E-state index in [2.05, 4.69) is 10.3 Å². The predicted octanol–water partition coefficient (Wildman–Crippen LogP) is 1.38. The summed E-state index contributed by atoms with van der Waals surface area (Å²) in [6.45, 7) is 6.70. The molecule has 0 aliphatic heterocycles. The summed E-state index contributed by atoms with van der Waals surface area (Å²) in [5.41, 5.74) is 2.80. The second-order valence-corrected chi connectivity index (χ2v) is 4.72. The molecule has 0 atom stereocenters. The summed E-state index contributed by atoms with van der Waals surface area (Å²) in [7, 11) is 3.62. The van der Waals surface area contributed by atoms with Crippen LogP contribution < -0.4 is 5.32 Å². The van der Waals surface area contributed by atoms with E-state index in [4.69, 9.17) is 0 Å². The minimum absolute atomic E-state index is 0.00234. The number of aryl methyl sites for hydroxylation is 1. The number of likely N-dealkylation sites (N-methyl/N-ethyl adjacent to an activating group) is 2. The number of hydrogen-bond acceptors (Lipinski definition) is 3. The van der Waals surface area contributed by atoms with E-state index in [1.807, 2.05) is 20.9 Å². The number of carbonyl (C=O) groups excluding carboxylic acids is 2. The molecular weight excluding hydrogens is 242 g/mol. The van der Waals surface area contributed by atoms with Crippen molar-refractivity contribution in [2.24, 2.45) is 0 Å². The first kappa shape index (κ1) is 15.4. The largest absolute Gasteiger partial charge is 0.354 e. The lowest BCUT2D eigenvalue weighted by atomic mass is 10.0. The number of amides is 1. The second kappa shape index (κ2) is 6.52. The van der Waals surface area contributed by atoms with Gasteiger partial charge in [0, 0.05) is 31.4 Å². The highest BCUT2D eigenvalue weighted by Gasteiger charge is 2.23. The number of carbonyl (C=O) groups is 2. The first-order valence-corrected chi connectivity index (χ1v) is 6.56. The molecule has 0 saturated carbocycles. The minimum Gasteiger partial charge on any atom is -0.354 e. The van der Waals surface area contributed by atoms with Gasteiger partial charge in [-0.25, -0.2) is 0 Å². The monoisotopic (exact) mass is 265 g/mol. The lowest BCUT2D eigenvalue weighted by Crippen LogP contribution is -2.33. The summed E-state index contributed by atoms with van der Waals surface area (Å²) in [5.74, 6) is -0.0646. The zero-order valence-electron chi connectivity index (χ0n) is 12.4. The van der Waals surface area contributed by atoms with E-state index < -0.39 is 0 Å². The number of rotatable bonds is 6. The molecule has 0 spiro atoms. The zero-order chi connectivity index (χ0) is 14.6. The number of hydrogen-bond donors (Lipinski definition) is 2. The maximum Gasteiger partial charge on any atom is 0.270 e. The van der Waals surface area contributed by atoms with Gasteiger partial charge in [-0.15, -0.1) is 0 Å². The molecule has 1 aromatic heterocycles. The van der Waals surface area contributed by atoms with Gasteiger partial charge in [-0.1, -0.05) is 6.92 Å². The molecule has 106 valence electrons. The Morgan fingerprint density at radius 2 is 2.00 bits per heavy atom. The number of aromatic nitrogens is 1. The van der Waals surface area contributed by atoms with Crippen molar-refractivity contribution < 1.29 is 9.59 Å². The average Bonchev–Trinajstić information content (AvgIpc) is 2.71. The van der Waals surface area contributed by atoms with Crippen molar-refractivity contribution >= 4 is 11.7 Å². The molecule has 0 aliphatic rings. The van der Waals surface area contributed by atoms with Crippen molar-refractivity contribution in [2.45, 2.75) is 27.2 Å². The summed E-state index contributed by atoms with van der Waals surface area (Å²) >= 11 is 0. The highest BCUT2D eigenvalue weighted by atomic mass is 16.2. The number of ketones is 1. The van der Waals surface area contributed by atoms with Crippen molar-refractivity contribution in [3.8, 4) is 0 Å². The normalized spacial score (nSPS) is 10.6. The van der Waals surface area contributed by atoms with Gasteiger partial charge in [0.15, 0.2) is 5.78 Å². The molecule has 5 nitrogen and oxygen atoms in total. The zero-order valence-corrected chi connectivity index (χ0v) is 12.4. The van der Waals surface area contributed by atoms with Gasteiger partial charge >= 0.3 is 0 Å². The van der Waals surface area contributed by atoms with Gasteiger partial charge in [0.25, 0.3) is 5.91 Å². The van der Waals surface area contributed by atoms with Gasteiger partial charge in [-0.3, -0.25) is 9.59 Å². The van der Waals surface area contributed by atoms with E-state index in [0.29, 0.717) is 24.2 Å². The Balaban J connectivity index is 3.10. The van der Waals surface area contributed by atoms with Crippen LogP contribution in [0.2, 0.25) is 0 Å². The molecule has 2 N–H and O–H groups in total. The molecule has 5 heteroatoms. The molecule has 1 aromatic rings. The number of nitrogens with one attached hydrogen (secondary N) is 2. The Labute approximate surface area is 114 Å². The van der Waals surface area contributed by atoms with Crippen LogP contribution in [0.3, 0.4) is 0 Å². The summed E-state index contributed by atoms with van der Waals surface area (Å²) in [6.07, 6.45) is 0.667. The van der Waals surface area contributed by atoms with Crippen molar-refractivity contribution in [1.29, 1.82) is 0 Å². The van der Waals surface area contributed by atoms with Crippen molar-refractivity contribution in [3.63, 3.8) is 0 Å².